The van der Waals surface area contributed by atoms with E-state index >= 15 is 0 Å². The smallest absolute Gasteiger partial charge is 0.261 e. The number of nitrogens with zero attached hydrogens (tertiary/aromatic N) is 2. The van der Waals surface area contributed by atoms with Crippen LogP contribution in [0.25, 0.3) is 0 Å². The van der Waals surface area contributed by atoms with Gasteiger partial charge in [-0.05, 0) is 55.7 Å². The average Bonchev–Trinajstić information content (AvgIpc) is 3.10. The fourth-order valence-electron chi connectivity index (χ4n) is 3.14. The highest BCUT2D eigenvalue weighted by Gasteiger charge is 2.15. The molecule has 0 unspecified atom stereocenters. The summed E-state index contributed by atoms with van der Waals surface area (Å²) in [7, 11) is 1.92. The van der Waals surface area contributed by atoms with E-state index in [9.17, 15) is 4.79 Å². The first-order valence-corrected chi connectivity index (χ1v) is 9.41. The maximum Gasteiger partial charge on any atom is 0.261 e. The van der Waals surface area contributed by atoms with Crippen LogP contribution in [0.2, 0.25) is 0 Å². The monoisotopic (exact) mass is 331 g/mol. The molecule has 0 radical (unpaired) electrons. The molecule has 1 amide bonds. The molecule has 0 atom stereocenters. The van der Waals surface area contributed by atoms with E-state index < -0.39 is 0 Å². The Morgan fingerprint density at radius 1 is 1.30 bits per heavy atom. The highest BCUT2D eigenvalue weighted by atomic mass is 32.1. The van der Waals surface area contributed by atoms with E-state index in [-0.39, 0.29) is 5.91 Å². The van der Waals surface area contributed by atoms with E-state index in [1.807, 2.05) is 24.1 Å². The van der Waals surface area contributed by atoms with Crippen LogP contribution < -0.4 is 5.32 Å². The standard InChI is InChI=1S/C18H25N3OS/c1-21-13-14(12-20-21)7-6-10-19-18(22)17-11-15-8-4-2-3-5-9-16(15)23-17/h11-13H,2-10H2,1H3,(H,19,22). The summed E-state index contributed by atoms with van der Waals surface area (Å²) in [6.07, 6.45) is 13.3. The Hall–Kier alpha value is -1.62. The summed E-state index contributed by atoms with van der Waals surface area (Å²) in [5.74, 6) is 0.0907. The number of hydrogen-bond acceptors (Lipinski definition) is 3. The zero-order valence-corrected chi connectivity index (χ0v) is 14.6. The number of rotatable bonds is 5. The molecule has 3 rings (SSSR count). The first-order valence-electron chi connectivity index (χ1n) is 8.59. The molecule has 0 bridgehead atoms. The number of nitrogens with one attached hydrogen (secondary N) is 1. The third-order valence-corrected chi connectivity index (χ3v) is 5.64. The van der Waals surface area contributed by atoms with Crippen LogP contribution in [-0.2, 0) is 26.3 Å². The van der Waals surface area contributed by atoms with Crippen LogP contribution in [0.4, 0.5) is 0 Å². The van der Waals surface area contributed by atoms with Crippen molar-refractivity contribution in [1.29, 1.82) is 0 Å². The van der Waals surface area contributed by atoms with Crippen LogP contribution in [0.1, 0.15) is 57.8 Å². The number of aromatic nitrogens is 2. The molecule has 2 aromatic rings. The quantitative estimate of drug-likeness (QED) is 0.852. The normalized spacial score (nSPS) is 14.8. The second-order valence-corrected chi connectivity index (χ2v) is 7.49. The molecule has 0 saturated carbocycles. The molecule has 2 aromatic heterocycles. The van der Waals surface area contributed by atoms with Gasteiger partial charge in [0.2, 0.25) is 0 Å². The SMILES string of the molecule is Cn1cc(CCCNC(=O)c2cc3c(s2)CCCCCC3)cn1. The van der Waals surface area contributed by atoms with Gasteiger partial charge in [-0.3, -0.25) is 9.48 Å². The van der Waals surface area contributed by atoms with Crippen molar-refractivity contribution in [2.24, 2.45) is 7.05 Å². The molecule has 23 heavy (non-hydrogen) atoms. The molecule has 2 heterocycles. The molecule has 0 aliphatic heterocycles. The zero-order chi connectivity index (χ0) is 16.1. The summed E-state index contributed by atoms with van der Waals surface area (Å²) in [6, 6.07) is 2.13. The number of aryl methyl sites for hydroxylation is 4. The second kappa shape index (κ2) is 7.77. The molecule has 1 aliphatic rings. The van der Waals surface area contributed by atoms with Crippen LogP contribution in [0.3, 0.4) is 0 Å². The minimum Gasteiger partial charge on any atom is -0.351 e. The molecule has 0 saturated heterocycles. The third kappa shape index (κ3) is 4.44. The summed E-state index contributed by atoms with van der Waals surface area (Å²) < 4.78 is 1.81. The van der Waals surface area contributed by atoms with E-state index in [0.29, 0.717) is 0 Å². The minimum absolute atomic E-state index is 0.0907. The highest BCUT2D eigenvalue weighted by Crippen LogP contribution is 2.28. The van der Waals surface area contributed by atoms with Gasteiger partial charge in [-0.1, -0.05) is 12.8 Å². The molecular formula is C18H25N3OS. The second-order valence-electron chi connectivity index (χ2n) is 6.35. The van der Waals surface area contributed by atoms with Crippen LogP contribution >= 0.6 is 11.3 Å². The van der Waals surface area contributed by atoms with Crippen molar-refractivity contribution in [2.45, 2.75) is 51.4 Å². The van der Waals surface area contributed by atoms with Gasteiger partial charge in [-0.2, -0.15) is 5.10 Å². The molecule has 0 aromatic carbocycles. The lowest BCUT2D eigenvalue weighted by Crippen LogP contribution is -2.23. The topological polar surface area (TPSA) is 46.9 Å². The van der Waals surface area contributed by atoms with Gasteiger partial charge in [0, 0.05) is 24.7 Å². The predicted molar refractivity (Wildman–Crippen MR) is 94.1 cm³/mol. The molecule has 4 nitrogen and oxygen atoms in total. The number of carbonyl (C=O) groups excluding carboxylic acids is 1. The van der Waals surface area contributed by atoms with Crippen molar-refractivity contribution in [3.05, 3.63) is 39.3 Å². The summed E-state index contributed by atoms with van der Waals surface area (Å²) >= 11 is 1.70. The van der Waals surface area contributed by atoms with E-state index in [1.54, 1.807) is 11.3 Å². The van der Waals surface area contributed by atoms with Crippen molar-refractivity contribution >= 4 is 17.2 Å². The van der Waals surface area contributed by atoms with Crippen molar-refractivity contribution in [3.63, 3.8) is 0 Å². The number of thiophene rings is 1. The third-order valence-electron chi connectivity index (χ3n) is 4.41. The average molecular weight is 331 g/mol. The molecule has 1 N–H and O–H groups in total. The maximum absolute atomic E-state index is 12.3. The lowest BCUT2D eigenvalue weighted by atomic mass is 10.00. The van der Waals surface area contributed by atoms with Gasteiger partial charge in [-0.15, -0.1) is 11.3 Å². The summed E-state index contributed by atoms with van der Waals surface area (Å²) in [4.78, 5) is 14.7. The van der Waals surface area contributed by atoms with Gasteiger partial charge < -0.3 is 5.32 Å². The van der Waals surface area contributed by atoms with Crippen LogP contribution in [-0.4, -0.2) is 22.2 Å². The van der Waals surface area contributed by atoms with Crippen molar-refractivity contribution in [2.75, 3.05) is 6.54 Å². The van der Waals surface area contributed by atoms with Gasteiger partial charge in [-0.25, -0.2) is 0 Å². The molecule has 5 heteroatoms. The molecule has 124 valence electrons. The first kappa shape index (κ1) is 16.2. The summed E-state index contributed by atoms with van der Waals surface area (Å²) in [6.45, 7) is 0.719. The largest absolute Gasteiger partial charge is 0.351 e. The zero-order valence-electron chi connectivity index (χ0n) is 13.8. The Morgan fingerprint density at radius 3 is 2.91 bits per heavy atom. The summed E-state index contributed by atoms with van der Waals surface area (Å²) in [5.41, 5.74) is 2.64. The summed E-state index contributed by atoms with van der Waals surface area (Å²) in [5, 5.41) is 7.22. The van der Waals surface area contributed by atoms with E-state index in [1.165, 1.54) is 41.7 Å². The Balaban J connectivity index is 1.49. The van der Waals surface area contributed by atoms with Gasteiger partial charge in [0.05, 0.1) is 11.1 Å². The Kier molecular flexibility index (Phi) is 5.49. The van der Waals surface area contributed by atoms with Crippen LogP contribution in [0, 0.1) is 0 Å². The predicted octanol–water partition coefficient (Wildman–Crippen LogP) is 3.50. The lowest BCUT2D eigenvalue weighted by molar-refractivity contribution is 0.0957. The Bertz CT molecular complexity index is 634. The van der Waals surface area contributed by atoms with E-state index in [2.05, 4.69) is 16.5 Å². The van der Waals surface area contributed by atoms with Crippen molar-refractivity contribution in [1.82, 2.24) is 15.1 Å². The van der Waals surface area contributed by atoms with E-state index in [4.69, 9.17) is 0 Å². The first-order chi connectivity index (χ1) is 11.2. The Labute approximate surface area is 141 Å². The number of amides is 1. The van der Waals surface area contributed by atoms with E-state index in [0.717, 1.165) is 37.1 Å². The van der Waals surface area contributed by atoms with Crippen LogP contribution in [0.5, 0.6) is 0 Å². The lowest BCUT2D eigenvalue weighted by Gasteiger charge is -2.07. The minimum atomic E-state index is 0.0907. The highest BCUT2D eigenvalue weighted by molar-refractivity contribution is 7.14. The van der Waals surface area contributed by atoms with Gasteiger partial charge in [0.25, 0.3) is 5.91 Å². The fourth-order valence-corrected chi connectivity index (χ4v) is 4.31. The Morgan fingerprint density at radius 2 is 2.13 bits per heavy atom. The van der Waals surface area contributed by atoms with Crippen molar-refractivity contribution in [3.8, 4) is 0 Å². The van der Waals surface area contributed by atoms with Gasteiger partial charge >= 0.3 is 0 Å². The molecule has 1 aliphatic carbocycles. The number of hydrogen-bond donors (Lipinski definition) is 1. The maximum atomic E-state index is 12.3. The molecule has 0 spiro atoms. The van der Waals surface area contributed by atoms with Gasteiger partial charge in [0.15, 0.2) is 0 Å². The number of carbonyl (C=O) groups is 1. The molecular weight excluding hydrogens is 306 g/mol. The fraction of sp³-hybridized carbons (Fsp3) is 0.556. The molecule has 0 fully saturated rings. The number of fused-ring (bicyclic) bond motifs is 1. The van der Waals surface area contributed by atoms with Crippen molar-refractivity contribution < 1.29 is 4.79 Å². The van der Waals surface area contributed by atoms with Gasteiger partial charge in [0.1, 0.15) is 0 Å². The van der Waals surface area contributed by atoms with Crippen LogP contribution in [0.15, 0.2) is 18.5 Å².